The van der Waals surface area contributed by atoms with E-state index in [0.29, 0.717) is 0 Å². The normalized spacial score (nSPS) is 11.1. The summed E-state index contributed by atoms with van der Waals surface area (Å²) in [5, 5.41) is 10.9. The van der Waals surface area contributed by atoms with Gasteiger partial charge in [-0.1, -0.05) is 0 Å². The van der Waals surface area contributed by atoms with Crippen LogP contribution in [0.5, 0.6) is 0 Å². The minimum Gasteiger partial charge on any atom is -0.357 e. The molecule has 0 radical (unpaired) electrons. The van der Waals surface area contributed by atoms with Crippen LogP contribution < -0.4 is 10.6 Å². The van der Waals surface area contributed by atoms with Gasteiger partial charge in [-0.2, -0.15) is 16.9 Å². The van der Waals surface area contributed by atoms with E-state index in [1.165, 1.54) is 17.7 Å². The van der Waals surface area contributed by atoms with E-state index in [0.717, 1.165) is 38.6 Å². The van der Waals surface area contributed by atoms with Crippen molar-refractivity contribution in [1.29, 1.82) is 0 Å². The molecule has 0 aliphatic carbocycles. The van der Waals surface area contributed by atoms with E-state index in [1.807, 2.05) is 28.8 Å². The van der Waals surface area contributed by atoms with E-state index in [1.54, 1.807) is 0 Å². The maximum atomic E-state index is 4.58. The van der Waals surface area contributed by atoms with Gasteiger partial charge < -0.3 is 10.6 Å². The summed E-state index contributed by atoms with van der Waals surface area (Å²) in [7, 11) is 0. The van der Waals surface area contributed by atoms with Crippen molar-refractivity contribution in [2.75, 3.05) is 31.6 Å². The predicted molar refractivity (Wildman–Crippen MR) is 104 cm³/mol. The zero-order valence-corrected chi connectivity index (χ0v) is 16.4. The van der Waals surface area contributed by atoms with Gasteiger partial charge in [-0.3, -0.25) is 9.67 Å². The second kappa shape index (κ2) is 13.2. The first-order valence-electron chi connectivity index (χ1n) is 7.26. The van der Waals surface area contributed by atoms with Gasteiger partial charge in [0.05, 0.1) is 12.7 Å². The number of aryl methyl sites for hydroxylation is 1. The minimum atomic E-state index is 0. The molecule has 0 spiro atoms. The van der Waals surface area contributed by atoms with Crippen LogP contribution in [0.2, 0.25) is 0 Å². The summed E-state index contributed by atoms with van der Waals surface area (Å²) < 4.78 is 1.95. The first-order valence-corrected chi connectivity index (χ1v) is 8.65. The van der Waals surface area contributed by atoms with Crippen molar-refractivity contribution in [2.24, 2.45) is 4.99 Å². The van der Waals surface area contributed by atoms with Crippen molar-refractivity contribution in [3.63, 3.8) is 0 Å². The molecule has 1 rings (SSSR count). The number of guanidine groups is 1. The Labute approximate surface area is 149 Å². The van der Waals surface area contributed by atoms with Crippen molar-refractivity contribution in [1.82, 2.24) is 20.4 Å². The van der Waals surface area contributed by atoms with Crippen LogP contribution in [-0.4, -0.2) is 47.4 Å². The molecule has 0 fully saturated rings. The lowest BCUT2D eigenvalue weighted by atomic mass is 10.3. The minimum absolute atomic E-state index is 0. The molecule has 1 heterocycles. The first-order chi connectivity index (χ1) is 9.76. The summed E-state index contributed by atoms with van der Waals surface area (Å²) in [4.78, 5) is 4.58. The molecule has 0 unspecified atom stereocenters. The molecule has 0 saturated heterocycles. The predicted octanol–water partition coefficient (Wildman–Crippen LogP) is 2.51. The van der Waals surface area contributed by atoms with E-state index in [-0.39, 0.29) is 24.0 Å². The lowest BCUT2D eigenvalue weighted by Crippen LogP contribution is -2.39. The Kier molecular flexibility index (Phi) is 13.0. The zero-order valence-electron chi connectivity index (χ0n) is 13.3. The zero-order chi connectivity index (χ0) is 14.6. The van der Waals surface area contributed by atoms with E-state index in [2.05, 4.69) is 40.8 Å². The number of thioether (sulfide) groups is 1. The number of aliphatic imine (C=N–C) groups is 1. The maximum absolute atomic E-state index is 4.58. The van der Waals surface area contributed by atoms with Gasteiger partial charge in [0, 0.05) is 25.8 Å². The van der Waals surface area contributed by atoms with E-state index in [9.17, 15) is 0 Å². The molecule has 122 valence electrons. The van der Waals surface area contributed by atoms with Crippen LogP contribution in [0.1, 0.15) is 25.3 Å². The Balaban J connectivity index is 0.00000400. The topological polar surface area (TPSA) is 54.2 Å². The smallest absolute Gasteiger partial charge is 0.191 e. The molecule has 21 heavy (non-hydrogen) atoms. The number of nitrogens with zero attached hydrogens (tertiary/aromatic N) is 3. The van der Waals surface area contributed by atoms with Crippen molar-refractivity contribution in [3.8, 4) is 0 Å². The molecule has 1 aromatic heterocycles. The summed E-state index contributed by atoms with van der Waals surface area (Å²) in [6, 6.07) is 0. The number of unbranched alkanes of at least 4 members (excludes halogenated alkanes) is 1. The van der Waals surface area contributed by atoms with Crippen LogP contribution >= 0.6 is 35.7 Å². The van der Waals surface area contributed by atoms with Crippen LogP contribution in [-0.2, 0) is 6.54 Å². The molecule has 0 aliphatic heterocycles. The second-order valence-electron chi connectivity index (χ2n) is 4.67. The van der Waals surface area contributed by atoms with Gasteiger partial charge >= 0.3 is 0 Å². The Morgan fingerprint density at radius 2 is 2.19 bits per heavy atom. The number of rotatable bonds is 9. The Morgan fingerprint density at radius 1 is 1.38 bits per heavy atom. The third kappa shape index (κ3) is 10.00. The number of halogens is 1. The second-order valence-corrected chi connectivity index (χ2v) is 5.65. The summed E-state index contributed by atoms with van der Waals surface area (Å²) in [6.07, 6.45) is 8.46. The molecule has 5 nitrogen and oxygen atoms in total. The van der Waals surface area contributed by atoms with Gasteiger partial charge in [0.15, 0.2) is 5.96 Å². The molecule has 1 aromatic rings. The first kappa shape index (κ1) is 20.6. The number of aromatic nitrogens is 2. The number of hydrogen-bond acceptors (Lipinski definition) is 3. The molecule has 0 aromatic carbocycles. The van der Waals surface area contributed by atoms with Crippen molar-refractivity contribution >= 4 is 41.7 Å². The molecule has 7 heteroatoms. The molecular weight excluding hydrogens is 397 g/mol. The fourth-order valence-corrected chi connectivity index (χ4v) is 2.26. The molecular formula is C14H28IN5S. The monoisotopic (exact) mass is 425 g/mol. The van der Waals surface area contributed by atoms with Gasteiger partial charge in [0.1, 0.15) is 0 Å². The molecule has 0 aliphatic rings. The largest absolute Gasteiger partial charge is 0.357 e. The Morgan fingerprint density at radius 3 is 2.81 bits per heavy atom. The molecule has 0 atom stereocenters. The quantitative estimate of drug-likeness (QED) is 0.276. The lowest BCUT2D eigenvalue weighted by Gasteiger charge is -2.11. The third-order valence-electron chi connectivity index (χ3n) is 2.77. The number of nitrogens with one attached hydrogen (secondary N) is 2. The van der Waals surface area contributed by atoms with Crippen LogP contribution in [0.15, 0.2) is 17.4 Å². The van der Waals surface area contributed by atoms with Gasteiger partial charge in [-0.15, -0.1) is 24.0 Å². The Hall–Kier alpha value is -0.440. The van der Waals surface area contributed by atoms with Gasteiger partial charge in [0.25, 0.3) is 0 Å². The van der Waals surface area contributed by atoms with Gasteiger partial charge in [-0.05, 0) is 44.3 Å². The fraction of sp³-hybridized carbons (Fsp3) is 0.714. The van der Waals surface area contributed by atoms with E-state index in [4.69, 9.17) is 0 Å². The Bertz CT molecular complexity index is 394. The number of hydrogen-bond donors (Lipinski definition) is 2. The third-order valence-corrected chi connectivity index (χ3v) is 3.46. The highest BCUT2D eigenvalue weighted by Gasteiger charge is 1.98. The highest BCUT2D eigenvalue weighted by molar-refractivity contribution is 14.0. The SMILES string of the molecule is CCNC(=NCCCCSC)NCCn1cc(C)cn1.I. The average molecular weight is 425 g/mol. The van der Waals surface area contributed by atoms with Crippen molar-refractivity contribution < 1.29 is 0 Å². The van der Waals surface area contributed by atoms with Crippen LogP contribution in [0.4, 0.5) is 0 Å². The van der Waals surface area contributed by atoms with Gasteiger partial charge in [-0.25, -0.2) is 0 Å². The van der Waals surface area contributed by atoms with E-state index < -0.39 is 0 Å². The summed E-state index contributed by atoms with van der Waals surface area (Å²) in [5.74, 6) is 2.12. The van der Waals surface area contributed by atoms with Crippen molar-refractivity contribution in [3.05, 3.63) is 18.0 Å². The highest BCUT2D eigenvalue weighted by atomic mass is 127. The highest BCUT2D eigenvalue weighted by Crippen LogP contribution is 1.99. The molecule has 0 amide bonds. The summed E-state index contributed by atoms with van der Waals surface area (Å²) in [6.45, 7) is 7.59. The van der Waals surface area contributed by atoms with Crippen LogP contribution in [0.25, 0.3) is 0 Å². The lowest BCUT2D eigenvalue weighted by molar-refractivity contribution is 0.597. The average Bonchev–Trinajstić information content (AvgIpc) is 2.84. The van der Waals surface area contributed by atoms with Crippen LogP contribution in [0, 0.1) is 6.92 Å². The van der Waals surface area contributed by atoms with Gasteiger partial charge in [0.2, 0.25) is 0 Å². The molecule has 2 N–H and O–H groups in total. The maximum Gasteiger partial charge on any atom is 0.191 e. The van der Waals surface area contributed by atoms with Crippen molar-refractivity contribution in [2.45, 2.75) is 33.2 Å². The summed E-state index contributed by atoms with van der Waals surface area (Å²) >= 11 is 1.89. The molecule has 0 bridgehead atoms. The molecule has 0 saturated carbocycles. The van der Waals surface area contributed by atoms with E-state index >= 15 is 0 Å². The fourth-order valence-electron chi connectivity index (χ4n) is 1.77. The van der Waals surface area contributed by atoms with Crippen LogP contribution in [0.3, 0.4) is 0 Å². The standard InChI is InChI=1S/C14H27N5S.HI/c1-4-15-14(16-7-5-6-10-20-3)17-8-9-19-12-13(2)11-18-19;/h11-12H,4-10H2,1-3H3,(H2,15,16,17);1H. The summed E-state index contributed by atoms with van der Waals surface area (Å²) in [5.41, 5.74) is 1.19.